The molecule has 1 heterocycles. The highest BCUT2D eigenvalue weighted by Gasteiger charge is 2.06. The fourth-order valence-electron chi connectivity index (χ4n) is 1.41. The van der Waals surface area contributed by atoms with Crippen LogP contribution in [0.25, 0.3) is 0 Å². The first-order valence-corrected chi connectivity index (χ1v) is 5.43. The van der Waals surface area contributed by atoms with Gasteiger partial charge in [-0.2, -0.15) is 4.91 Å². The van der Waals surface area contributed by atoms with Crippen molar-refractivity contribution in [3.63, 3.8) is 0 Å². The van der Waals surface area contributed by atoms with Crippen molar-refractivity contribution >= 4 is 5.78 Å². The maximum Gasteiger partial charge on any atom is 0.152 e. The minimum absolute atomic E-state index is 0.0106. The molecule has 92 valence electrons. The molecule has 0 fully saturated rings. The summed E-state index contributed by atoms with van der Waals surface area (Å²) >= 11 is 0. The molecule has 1 aromatic rings. The van der Waals surface area contributed by atoms with Crippen LogP contribution in [-0.4, -0.2) is 30.3 Å². The Hall–Kier alpha value is -1.75. The second-order valence-electron chi connectivity index (χ2n) is 3.68. The summed E-state index contributed by atoms with van der Waals surface area (Å²) in [7, 11) is 0. The van der Waals surface area contributed by atoms with E-state index >= 15 is 0 Å². The van der Waals surface area contributed by atoms with Gasteiger partial charge in [0.1, 0.15) is 5.76 Å². The molecule has 0 bridgehead atoms. The van der Waals surface area contributed by atoms with Crippen LogP contribution in [0.3, 0.4) is 0 Å². The highest BCUT2D eigenvalue weighted by Crippen LogP contribution is 2.05. The van der Waals surface area contributed by atoms with Crippen LogP contribution in [0.5, 0.6) is 0 Å². The number of allylic oxidation sites excluding steroid dienone is 1. The Kier molecular flexibility index (Phi) is 5.88. The molecule has 5 nitrogen and oxygen atoms in total. The molecule has 0 atom stereocenters. The van der Waals surface area contributed by atoms with Crippen molar-refractivity contribution in [1.82, 2.24) is 4.90 Å². The Morgan fingerprint density at radius 3 is 3.00 bits per heavy atom. The summed E-state index contributed by atoms with van der Waals surface area (Å²) in [5.41, 5.74) is 0. The number of nitroso groups, excluding NO2 is 1. The molecule has 0 aliphatic carbocycles. The second kappa shape index (κ2) is 7.51. The summed E-state index contributed by atoms with van der Waals surface area (Å²) in [6.45, 7) is 3.47. The highest BCUT2D eigenvalue weighted by molar-refractivity contribution is 5.87. The van der Waals surface area contributed by atoms with Crippen molar-refractivity contribution in [3.8, 4) is 0 Å². The number of hydrogen-bond donors (Lipinski definition) is 0. The smallest absolute Gasteiger partial charge is 0.152 e. The molecule has 0 amide bonds. The SMILES string of the molecule is CC(=O)/C=C/CN(CCN=O)Cc1ccco1. The van der Waals surface area contributed by atoms with Crippen molar-refractivity contribution in [3.05, 3.63) is 41.2 Å². The zero-order valence-corrected chi connectivity index (χ0v) is 9.83. The Balaban J connectivity index is 2.47. The molecule has 0 saturated carbocycles. The summed E-state index contributed by atoms with van der Waals surface area (Å²) in [5.74, 6) is 0.837. The summed E-state index contributed by atoms with van der Waals surface area (Å²) in [5, 5.41) is 2.83. The van der Waals surface area contributed by atoms with E-state index in [9.17, 15) is 9.70 Å². The van der Waals surface area contributed by atoms with Crippen LogP contribution < -0.4 is 0 Å². The summed E-state index contributed by atoms with van der Waals surface area (Å²) in [4.78, 5) is 22.9. The van der Waals surface area contributed by atoms with Gasteiger partial charge in [0.25, 0.3) is 0 Å². The number of carbonyl (C=O) groups is 1. The normalized spacial score (nSPS) is 11.2. The third-order valence-corrected chi connectivity index (χ3v) is 2.18. The Morgan fingerprint density at radius 2 is 2.41 bits per heavy atom. The van der Waals surface area contributed by atoms with E-state index in [1.807, 2.05) is 17.0 Å². The Labute approximate surface area is 100 Å². The number of ketones is 1. The molecular formula is C12H16N2O3. The van der Waals surface area contributed by atoms with E-state index in [4.69, 9.17) is 4.42 Å². The number of carbonyl (C=O) groups excluding carboxylic acids is 1. The van der Waals surface area contributed by atoms with Gasteiger partial charge in [0.15, 0.2) is 5.78 Å². The number of rotatable bonds is 8. The van der Waals surface area contributed by atoms with Gasteiger partial charge in [-0.05, 0) is 25.1 Å². The van der Waals surface area contributed by atoms with E-state index in [1.54, 1.807) is 12.3 Å². The van der Waals surface area contributed by atoms with Gasteiger partial charge in [-0.15, -0.1) is 0 Å². The lowest BCUT2D eigenvalue weighted by Gasteiger charge is -2.17. The lowest BCUT2D eigenvalue weighted by Crippen LogP contribution is -2.26. The lowest BCUT2D eigenvalue weighted by molar-refractivity contribution is -0.112. The summed E-state index contributed by atoms with van der Waals surface area (Å²) in [6, 6.07) is 3.69. The molecule has 0 aromatic carbocycles. The van der Waals surface area contributed by atoms with Crippen molar-refractivity contribution in [1.29, 1.82) is 0 Å². The van der Waals surface area contributed by atoms with Crippen LogP contribution in [0.1, 0.15) is 12.7 Å². The summed E-state index contributed by atoms with van der Waals surface area (Å²) < 4.78 is 5.23. The standard InChI is InChI=1S/C12H16N2O3/c1-11(15)4-2-7-14(8-6-13-16)10-12-5-3-9-17-12/h2-5,9H,6-8,10H2,1H3/b4-2+. The van der Waals surface area contributed by atoms with E-state index in [0.717, 1.165) is 5.76 Å². The van der Waals surface area contributed by atoms with Crippen LogP contribution in [0.4, 0.5) is 0 Å². The largest absolute Gasteiger partial charge is 0.468 e. The van der Waals surface area contributed by atoms with Crippen LogP contribution in [0.15, 0.2) is 40.1 Å². The number of furan rings is 1. The first-order valence-electron chi connectivity index (χ1n) is 5.43. The minimum Gasteiger partial charge on any atom is -0.468 e. The monoisotopic (exact) mass is 236 g/mol. The first-order chi connectivity index (χ1) is 8.22. The van der Waals surface area contributed by atoms with E-state index in [-0.39, 0.29) is 12.3 Å². The predicted octanol–water partition coefficient (Wildman–Crippen LogP) is 1.99. The van der Waals surface area contributed by atoms with Gasteiger partial charge in [0, 0.05) is 13.1 Å². The molecule has 0 unspecified atom stereocenters. The quantitative estimate of drug-likeness (QED) is 0.511. The number of nitrogens with zero attached hydrogens (tertiary/aromatic N) is 2. The van der Waals surface area contributed by atoms with Crippen molar-refractivity contribution in [2.45, 2.75) is 13.5 Å². The van der Waals surface area contributed by atoms with Gasteiger partial charge in [-0.1, -0.05) is 11.3 Å². The van der Waals surface area contributed by atoms with Crippen LogP contribution in [-0.2, 0) is 11.3 Å². The van der Waals surface area contributed by atoms with E-state index in [0.29, 0.717) is 19.6 Å². The topological polar surface area (TPSA) is 62.9 Å². The lowest BCUT2D eigenvalue weighted by atomic mass is 10.3. The molecule has 0 radical (unpaired) electrons. The van der Waals surface area contributed by atoms with Crippen molar-refractivity contribution in [2.75, 3.05) is 19.6 Å². The Bertz CT molecular complexity index is 371. The number of hydrogen-bond acceptors (Lipinski definition) is 5. The predicted molar refractivity (Wildman–Crippen MR) is 64.5 cm³/mol. The van der Waals surface area contributed by atoms with E-state index < -0.39 is 0 Å². The van der Waals surface area contributed by atoms with Crippen LogP contribution in [0, 0.1) is 4.91 Å². The zero-order valence-electron chi connectivity index (χ0n) is 9.83. The van der Waals surface area contributed by atoms with E-state index in [2.05, 4.69) is 5.18 Å². The second-order valence-corrected chi connectivity index (χ2v) is 3.68. The molecule has 17 heavy (non-hydrogen) atoms. The molecular weight excluding hydrogens is 220 g/mol. The Morgan fingerprint density at radius 1 is 1.59 bits per heavy atom. The molecule has 0 aliphatic heterocycles. The van der Waals surface area contributed by atoms with Gasteiger partial charge in [-0.3, -0.25) is 9.69 Å². The van der Waals surface area contributed by atoms with Crippen molar-refractivity contribution < 1.29 is 9.21 Å². The average Bonchev–Trinajstić information content (AvgIpc) is 2.78. The van der Waals surface area contributed by atoms with Gasteiger partial charge in [0.05, 0.1) is 19.4 Å². The molecule has 5 heteroatoms. The molecule has 1 rings (SSSR count). The molecule has 0 saturated heterocycles. The molecule has 0 N–H and O–H groups in total. The maximum absolute atomic E-state index is 10.8. The van der Waals surface area contributed by atoms with Crippen molar-refractivity contribution in [2.24, 2.45) is 5.18 Å². The molecule has 0 aliphatic rings. The van der Waals surface area contributed by atoms with Crippen LogP contribution >= 0.6 is 0 Å². The van der Waals surface area contributed by atoms with E-state index in [1.165, 1.54) is 13.0 Å². The van der Waals surface area contributed by atoms with Crippen LogP contribution in [0.2, 0.25) is 0 Å². The zero-order chi connectivity index (χ0) is 12.5. The third-order valence-electron chi connectivity index (χ3n) is 2.18. The molecule has 1 aromatic heterocycles. The fraction of sp³-hybridized carbons (Fsp3) is 0.417. The average molecular weight is 236 g/mol. The maximum atomic E-state index is 10.8. The minimum atomic E-state index is 0.0106. The highest BCUT2D eigenvalue weighted by atomic mass is 16.3. The first kappa shape index (κ1) is 13.3. The van der Waals surface area contributed by atoms with Gasteiger partial charge in [0.2, 0.25) is 0 Å². The third kappa shape index (κ3) is 5.77. The van der Waals surface area contributed by atoms with Gasteiger partial charge in [-0.25, -0.2) is 0 Å². The van der Waals surface area contributed by atoms with Gasteiger partial charge < -0.3 is 4.42 Å². The van der Waals surface area contributed by atoms with Gasteiger partial charge >= 0.3 is 0 Å². The summed E-state index contributed by atoms with van der Waals surface area (Å²) in [6.07, 6.45) is 4.90. The fourth-order valence-corrected chi connectivity index (χ4v) is 1.41. The molecule has 0 spiro atoms.